The lowest BCUT2D eigenvalue weighted by molar-refractivity contribution is -0.122. The van der Waals surface area contributed by atoms with Crippen LogP contribution in [-0.2, 0) is 4.79 Å². The highest BCUT2D eigenvalue weighted by atomic mass is 19.1. The van der Waals surface area contributed by atoms with E-state index in [1.165, 1.54) is 6.92 Å². The number of halogens is 2. The minimum atomic E-state index is -0.659. The van der Waals surface area contributed by atoms with Gasteiger partial charge < -0.3 is 10.6 Å². The highest BCUT2D eigenvalue weighted by Crippen LogP contribution is 2.26. The van der Waals surface area contributed by atoms with Crippen molar-refractivity contribution >= 4 is 11.6 Å². The Hall–Kier alpha value is -1.49. The van der Waals surface area contributed by atoms with Crippen molar-refractivity contribution < 1.29 is 13.6 Å². The fraction of sp³-hybridized carbons (Fsp3) is 0.500. The lowest BCUT2D eigenvalue weighted by atomic mass is 9.93. The number of anilines is 1. The van der Waals surface area contributed by atoms with Gasteiger partial charge in [0.2, 0.25) is 5.91 Å². The number of carbonyl (C=O) groups is 1. The predicted molar refractivity (Wildman–Crippen MR) is 70.0 cm³/mol. The van der Waals surface area contributed by atoms with Crippen LogP contribution in [0.2, 0.25) is 0 Å². The lowest BCUT2D eigenvalue weighted by Crippen LogP contribution is -2.50. The van der Waals surface area contributed by atoms with E-state index in [4.69, 9.17) is 0 Å². The SMILES string of the molecule is CCC1(C(=O)Nc2cc(F)c(C)cc2F)CCCN1. The van der Waals surface area contributed by atoms with Crippen molar-refractivity contribution in [2.45, 2.75) is 38.6 Å². The zero-order chi connectivity index (χ0) is 14.0. The molecule has 104 valence electrons. The molecule has 1 aliphatic heterocycles. The number of carbonyl (C=O) groups excluding carboxylic acids is 1. The van der Waals surface area contributed by atoms with Crippen LogP contribution < -0.4 is 10.6 Å². The minimum absolute atomic E-state index is 0.102. The maximum Gasteiger partial charge on any atom is 0.244 e. The molecule has 1 amide bonds. The molecule has 1 heterocycles. The molecule has 1 unspecified atom stereocenters. The van der Waals surface area contributed by atoms with E-state index < -0.39 is 17.2 Å². The molecule has 0 aliphatic carbocycles. The van der Waals surface area contributed by atoms with Crippen LogP contribution in [0.4, 0.5) is 14.5 Å². The third-order valence-electron chi connectivity index (χ3n) is 3.78. The van der Waals surface area contributed by atoms with Crippen molar-refractivity contribution in [2.75, 3.05) is 11.9 Å². The summed E-state index contributed by atoms with van der Waals surface area (Å²) in [7, 11) is 0. The Morgan fingerprint density at radius 2 is 2.16 bits per heavy atom. The smallest absolute Gasteiger partial charge is 0.244 e. The van der Waals surface area contributed by atoms with Crippen LogP contribution >= 0.6 is 0 Å². The summed E-state index contributed by atoms with van der Waals surface area (Å²) >= 11 is 0. The van der Waals surface area contributed by atoms with E-state index in [0.717, 1.165) is 25.1 Å². The first-order valence-electron chi connectivity index (χ1n) is 6.50. The van der Waals surface area contributed by atoms with Crippen LogP contribution in [0.25, 0.3) is 0 Å². The zero-order valence-corrected chi connectivity index (χ0v) is 11.1. The molecule has 0 saturated carbocycles. The highest BCUT2D eigenvalue weighted by molar-refractivity contribution is 5.98. The molecule has 0 radical (unpaired) electrons. The van der Waals surface area contributed by atoms with Gasteiger partial charge in [-0.2, -0.15) is 0 Å². The molecule has 2 N–H and O–H groups in total. The summed E-state index contributed by atoms with van der Waals surface area (Å²) < 4.78 is 27.1. The number of rotatable bonds is 3. The molecule has 2 rings (SSSR count). The van der Waals surface area contributed by atoms with Crippen LogP contribution in [0, 0.1) is 18.6 Å². The standard InChI is InChI=1S/C14H18F2N2O/c1-3-14(5-4-6-17-14)13(19)18-12-8-10(15)9(2)7-11(12)16/h7-8,17H,3-6H2,1-2H3,(H,18,19). The summed E-state index contributed by atoms with van der Waals surface area (Å²) in [5.74, 6) is -1.44. The molecular weight excluding hydrogens is 250 g/mol. The number of hydrogen-bond donors (Lipinski definition) is 2. The second kappa shape index (κ2) is 5.25. The Balaban J connectivity index is 2.21. The van der Waals surface area contributed by atoms with E-state index in [-0.39, 0.29) is 17.2 Å². The van der Waals surface area contributed by atoms with E-state index in [1.807, 2.05) is 6.92 Å². The summed E-state index contributed by atoms with van der Waals surface area (Å²) in [6.45, 7) is 4.16. The Bertz CT molecular complexity index is 496. The van der Waals surface area contributed by atoms with Crippen molar-refractivity contribution in [1.82, 2.24) is 5.32 Å². The van der Waals surface area contributed by atoms with E-state index in [1.54, 1.807) is 0 Å². The number of benzene rings is 1. The van der Waals surface area contributed by atoms with Gasteiger partial charge in [0.25, 0.3) is 0 Å². The van der Waals surface area contributed by atoms with E-state index in [2.05, 4.69) is 10.6 Å². The molecule has 3 nitrogen and oxygen atoms in total. The van der Waals surface area contributed by atoms with Crippen molar-refractivity contribution in [3.63, 3.8) is 0 Å². The largest absolute Gasteiger partial charge is 0.322 e. The Morgan fingerprint density at radius 1 is 1.42 bits per heavy atom. The van der Waals surface area contributed by atoms with Crippen molar-refractivity contribution in [2.24, 2.45) is 0 Å². The molecule has 0 spiro atoms. The first kappa shape index (κ1) is 13.9. The Kier molecular flexibility index (Phi) is 3.85. The van der Waals surface area contributed by atoms with Gasteiger partial charge in [-0.25, -0.2) is 8.78 Å². The molecule has 1 fully saturated rings. The van der Waals surface area contributed by atoms with Gasteiger partial charge in [-0.15, -0.1) is 0 Å². The van der Waals surface area contributed by atoms with Crippen LogP contribution in [0.5, 0.6) is 0 Å². The van der Waals surface area contributed by atoms with E-state index in [9.17, 15) is 13.6 Å². The summed E-state index contributed by atoms with van der Waals surface area (Å²) in [5.41, 5.74) is -0.539. The Morgan fingerprint density at radius 3 is 2.74 bits per heavy atom. The maximum atomic E-state index is 13.7. The van der Waals surface area contributed by atoms with Crippen LogP contribution in [0.3, 0.4) is 0 Å². The number of amides is 1. The fourth-order valence-electron chi connectivity index (χ4n) is 2.45. The molecule has 0 bridgehead atoms. The molecule has 1 atom stereocenters. The van der Waals surface area contributed by atoms with Gasteiger partial charge in [-0.3, -0.25) is 4.79 Å². The maximum absolute atomic E-state index is 13.7. The van der Waals surface area contributed by atoms with Crippen molar-refractivity contribution in [1.29, 1.82) is 0 Å². The third kappa shape index (κ3) is 2.61. The van der Waals surface area contributed by atoms with E-state index >= 15 is 0 Å². The van der Waals surface area contributed by atoms with Crippen molar-refractivity contribution in [3.8, 4) is 0 Å². The average Bonchev–Trinajstić information content (AvgIpc) is 2.86. The normalized spacial score (nSPS) is 22.5. The average molecular weight is 268 g/mol. The molecule has 19 heavy (non-hydrogen) atoms. The van der Waals surface area contributed by atoms with Gasteiger partial charge in [0.15, 0.2) is 0 Å². The van der Waals surface area contributed by atoms with Gasteiger partial charge in [-0.1, -0.05) is 6.92 Å². The predicted octanol–water partition coefficient (Wildman–Crippen LogP) is 2.74. The monoisotopic (exact) mass is 268 g/mol. The van der Waals surface area contributed by atoms with Crippen LogP contribution in [0.1, 0.15) is 31.7 Å². The summed E-state index contributed by atoms with van der Waals surface area (Å²) in [6.07, 6.45) is 2.24. The van der Waals surface area contributed by atoms with Crippen LogP contribution in [-0.4, -0.2) is 18.0 Å². The molecule has 1 aromatic rings. The van der Waals surface area contributed by atoms with Gasteiger partial charge in [0.1, 0.15) is 11.6 Å². The zero-order valence-electron chi connectivity index (χ0n) is 11.1. The lowest BCUT2D eigenvalue weighted by Gasteiger charge is -2.26. The van der Waals surface area contributed by atoms with Gasteiger partial charge in [-0.05, 0) is 44.4 Å². The first-order chi connectivity index (χ1) is 8.98. The number of aryl methyl sites for hydroxylation is 1. The molecule has 1 aromatic carbocycles. The second-order valence-corrected chi connectivity index (χ2v) is 5.00. The molecular formula is C14H18F2N2O. The second-order valence-electron chi connectivity index (χ2n) is 5.00. The van der Waals surface area contributed by atoms with Crippen molar-refractivity contribution in [3.05, 3.63) is 29.3 Å². The summed E-state index contributed by atoms with van der Waals surface area (Å²) in [4.78, 5) is 12.3. The van der Waals surface area contributed by atoms with Gasteiger partial charge in [0, 0.05) is 6.07 Å². The molecule has 1 aliphatic rings. The fourth-order valence-corrected chi connectivity index (χ4v) is 2.45. The third-order valence-corrected chi connectivity index (χ3v) is 3.78. The molecule has 5 heteroatoms. The Labute approximate surface area is 111 Å². The van der Waals surface area contributed by atoms with Gasteiger partial charge >= 0.3 is 0 Å². The first-order valence-corrected chi connectivity index (χ1v) is 6.50. The quantitative estimate of drug-likeness (QED) is 0.885. The highest BCUT2D eigenvalue weighted by Gasteiger charge is 2.39. The summed E-state index contributed by atoms with van der Waals surface area (Å²) in [5, 5.41) is 5.65. The number of hydrogen-bond acceptors (Lipinski definition) is 2. The van der Waals surface area contributed by atoms with Gasteiger partial charge in [0.05, 0.1) is 11.2 Å². The number of nitrogens with one attached hydrogen (secondary N) is 2. The van der Waals surface area contributed by atoms with E-state index in [0.29, 0.717) is 12.8 Å². The summed E-state index contributed by atoms with van der Waals surface area (Å²) in [6, 6.07) is 2.12. The topological polar surface area (TPSA) is 41.1 Å². The minimum Gasteiger partial charge on any atom is -0.322 e. The molecule has 1 saturated heterocycles. The molecule has 0 aromatic heterocycles. The van der Waals surface area contributed by atoms with Crippen LogP contribution in [0.15, 0.2) is 12.1 Å².